The Morgan fingerprint density at radius 1 is 1.14 bits per heavy atom. The van der Waals surface area contributed by atoms with Crippen LogP contribution in [0.5, 0.6) is 5.75 Å². The van der Waals surface area contributed by atoms with E-state index in [2.05, 4.69) is 9.97 Å². The largest absolute Gasteiger partial charge is 0.508 e. The van der Waals surface area contributed by atoms with E-state index in [1.165, 1.54) is 7.11 Å². The van der Waals surface area contributed by atoms with Gasteiger partial charge in [-0.15, -0.1) is 0 Å². The molecule has 114 valence electrons. The van der Waals surface area contributed by atoms with Crippen LogP contribution >= 0.6 is 0 Å². The van der Waals surface area contributed by atoms with E-state index in [0.29, 0.717) is 22.5 Å². The second-order valence-corrected chi connectivity index (χ2v) is 4.97. The Hall–Kier alpha value is -2.69. The fourth-order valence-corrected chi connectivity index (χ4v) is 2.09. The lowest BCUT2D eigenvalue weighted by Gasteiger charge is -2.10. The molecule has 2 aromatic rings. The van der Waals surface area contributed by atoms with Gasteiger partial charge in [0.1, 0.15) is 5.75 Å². The summed E-state index contributed by atoms with van der Waals surface area (Å²) in [6.07, 6.45) is 1.64. The second kappa shape index (κ2) is 6.39. The van der Waals surface area contributed by atoms with Crippen LogP contribution in [0.4, 0.5) is 0 Å². The summed E-state index contributed by atoms with van der Waals surface area (Å²) in [5.41, 5.74) is 3.70. The van der Waals surface area contributed by atoms with E-state index in [9.17, 15) is 9.90 Å². The van der Waals surface area contributed by atoms with Gasteiger partial charge in [-0.2, -0.15) is 0 Å². The topological polar surface area (TPSA) is 72.3 Å². The van der Waals surface area contributed by atoms with Gasteiger partial charge in [-0.05, 0) is 44.5 Å². The number of carbonyl (C=O) groups is 1. The minimum atomic E-state index is -0.496. The lowest BCUT2D eigenvalue weighted by atomic mass is 10.1. The van der Waals surface area contributed by atoms with E-state index in [0.717, 1.165) is 11.4 Å². The monoisotopic (exact) mass is 298 g/mol. The average molecular weight is 298 g/mol. The van der Waals surface area contributed by atoms with E-state index in [4.69, 9.17) is 4.74 Å². The normalized spacial score (nSPS) is 11.4. The molecule has 22 heavy (non-hydrogen) atoms. The van der Waals surface area contributed by atoms with Gasteiger partial charge in [0, 0.05) is 0 Å². The van der Waals surface area contributed by atoms with Gasteiger partial charge in [0.05, 0.1) is 35.5 Å². The summed E-state index contributed by atoms with van der Waals surface area (Å²) in [6.45, 7) is 5.51. The smallest absolute Gasteiger partial charge is 0.340 e. The van der Waals surface area contributed by atoms with Gasteiger partial charge in [-0.1, -0.05) is 12.1 Å². The predicted molar refractivity (Wildman–Crippen MR) is 84.2 cm³/mol. The SMILES string of the molecule is COC(=O)/C(=C/c1cccc(O)c1)c1nc(C)c(C)nc1C. The summed E-state index contributed by atoms with van der Waals surface area (Å²) in [5.74, 6) is -0.371. The van der Waals surface area contributed by atoms with Crippen molar-refractivity contribution in [3.8, 4) is 5.75 Å². The summed E-state index contributed by atoms with van der Waals surface area (Å²) < 4.78 is 4.86. The van der Waals surface area contributed by atoms with Crippen LogP contribution in [-0.2, 0) is 9.53 Å². The van der Waals surface area contributed by atoms with Crippen molar-refractivity contribution >= 4 is 17.6 Å². The first-order chi connectivity index (χ1) is 10.4. The lowest BCUT2D eigenvalue weighted by Crippen LogP contribution is -2.10. The molecule has 0 atom stereocenters. The molecule has 0 bridgehead atoms. The number of aromatic hydroxyl groups is 1. The number of phenolic OH excluding ortho intramolecular Hbond substituents is 1. The number of benzene rings is 1. The Bertz CT molecular complexity index is 752. The fraction of sp³-hybridized carbons (Fsp3) is 0.235. The maximum atomic E-state index is 12.1. The maximum absolute atomic E-state index is 12.1. The quantitative estimate of drug-likeness (QED) is 0.697. The van der Waals surface area contributed by atoms with E-state index < -0.39 is 5.97 Å². The van der Waals surface area contributed by atoms with Crippen LogP contribution in [0.1, 0.15) is 28.3 Å². The number of methoxy groups -OCH3 is 1. The zero-order valence-electron chi connectivity index (χ0n) is 13.0. The molecule has 0 unspecified atom stereocenters. The number of phenols is 1. The van der Waals surface area contributed by atoms with Crippen molar-refractivity contribution in [2.24, 2.45) is 0 Å². The zero-order valence-corrected chi connectivity index (χ0v) is 13.0. The summed E-state index contributed by atoms with van der Waals surface area (Å²) >= 11 is 0. The third-order valence-corrected chi connectivity index (χ3v) is 3.32. The molecule has 2 rings (SSSR count). The average Bonchev–Trinajstić information content (AvgIpc) is 2.48. The molecule has 1 N–H and O–H groups in total. The van der Waals surface area contributed by atoms with E-state index in [-0.39, 0.29) is 5.75 Å². The van der Waals surface area contributed by atoms with Crippen LogP contribution in [0.3, 0.4) is 0 Å². The number of aryl methyl sites for hydroxylation is 3. The summed E-state index contributed by atoms with van der Waals surface area (Å²) in [7, 11) is 1.32. The third kappa shape index (κ3) is 3.31. The fourth-order valence-electron chi connectivity index (χ4n) is 2.09. The first kappa shape index (κ1) is 15.7. The Labute approximate surface area is 129 Å². The highest BCUT2D eigenvalue weighted by Gasteiger charge is 2.18. The number of aromatic nitrogens is 2. The van der Waals surface area contributed by atoms with Crippen LogP contribution < -0.4 is 0 Å². The van der Waals surface area contributed by atoms with Gasteiger partial charge in [0.2, 0.25) is 0 Å². The van der Waals surface area contributed by atoms with Crippen LogP contribution in [0.25, 0.3) is 11.6 Å². The molecule has 1 aromatic heterocycles. The number of nitrogens with zero attached hydrogens (tertiary/aromatic N) is 2. The molecule has 0 aliphatic rings. The lowest BCUT2D eigenvalue weighted by molar-refractivity contribution is -0.133. The number of ether oxygens (including phenoxy) is 1. The van der Waals surface area contributed by atoms with Gasteiger partial charge in [-0.3, -0.25) is 4.98 Å². The van der Waals surface area contributed by atoms with Crippen LogP contribution in [0.2, 0.25) is 0 Å². The van der Waals surface area contributed by atoms with Gasteiger partial charge in [0.15, 0.2) is 0 Å². The molecule has 0 amide bonds. The Kier molecular flexibility index (Phi) is 4.56. The number of carbonyl (C=O) groups excluding carboxylic acids is 1. The van der Waals surface area contributed by atoms with Crippen LogP contribution in [0, 0.1) is 20.8 Å². The summed E-state index contributed by atoms with van der Waals surface area (Å²) in [4.78, 5) is 21.0. The molecule has 0 aliphatic heterocycles. The Balaban J connectivity index is 2.61. The number of hydrogen-bond acceptors (Lipinski definition) is 5. The molecule has 0 fully saturated rings. The van der Waals surface area contributed by atoms with Crippen LogP contribution in [-0.4, -0.2) is 28.2 Å². The second-order valence-electron chi connectivity index (χ2n) is 4.97. The molecule has 0 saturated heterocycles. The molecule has 0 saturated carbocycles. The molecular formula is C17H18N2O3. The molecule has 0 aliphatic carbocycles. The van der Waals surface area contributed by atoms with E-state index >= 15 is 0 Å². The number of esters is 1. The van der Waals surface area contributed by atoms with Crippen LogP contribution in [0.15, 0.2) is 24.3 Å². The van der Waals surface area contributed by atoms with Gasteiger partial charge >= 0.3 is 5.97 Å². The number of hydrogen-bond donors (Lipinski definition) is 1. The molecule has 0 spiro atoms. The highest BCUT2D eigenvalue weighted by molar-refractivity contribution is 6.21. The maximum Gasteiger partial charge on any atom is 0.340 e. The highest BCUT2D eigenvalue weighted by Crippen LogP contribution is 2.23. The summed E-state index contributed by atoms with van der Waals surface area (Å²) in [6, 6.07) is 6.62. The Morgan fingerprint density at radius 3 is 2.45 bits per heavy atom. The molecular weight excluding hydrogens is 280 g/mol. The van der Waals surface area contributed by atoms with E-state index in [1.807, 2.05) is 13.8 Å². The van der Waals surface area contributed by atoms with Crippen molar-refractivity contribution in [2.75, 3.05) is 7.11 Å². The predicted octanol–water partition coefficient (Wildman–Crippen LogP) is 2.82. The molecule has 5 heteroatoms. The minimum Gasteiger partial charge on any atom is -0.508 e. The van der Waals surface area contributed by atoms with Crippen molar-refractivity contribution in [1.82, 2.24) is 9.97 Å². The first-order valence-corrected chi connectivity index (χ1v) is 6.83. The van der Waals surface area contributed by atoms with Gasteiger partial charge < -0.3 is 9.84 Å². The summed E-state index contributed by atoms with van der Waals surface area (Å²) in [5, 5.41) is 9.55. The van der Waals surface area contributed by atoms with Crippen molar-refractivity contribution in [2.45, 2.75) is 20.8 Å². The van der Waals surface area contributed by atoms with E-state index in [1.54, 1.807) is 37.3 Å². The minimum absolute atomic E-state index is 0.126. The first-order valence-electron chi connectivity index (χ1n) is 6.83. The van der Waals surface area contributed by atoms with Crippen molar-refractivity contribution in [3.63, 3.8) is 0 Å². The highest BCUT2D eigenvalue weighted by atomic mass is 16.5. The molecule has 0 radical (unpaired) electrons. The molecule has 5 nitrogen and oxygen atoms in total. The van der Waals surface area contributed by atoms with Gasteiger partial charge in [-0.25, -0.2) is 9.78 Å². The zero-order chi connectivity index (χ0) is 16.3. The van der Waals surface area contributed by atoms with Crippen molar-refractivity contribution in [3.05, 3.63) is 52.6 Å². The van der Waals surface area contributed by atoms with Crippen molar-refractivity contribution in [1.29, 1.82) is 0 Å². The number of rotatable bonds is 3. The molecule has 1 aromatic carbocycles. The molecule has 1 heterocycles. The third-order valence-electron chi connectivity index (χ3n) is 3.32. The Morgan fingerprint density at radius 2 is 1.82 bits per heavy atom. The van der Waals surface area contributed by atoms with Crippen molar-refractivity contribution < 1.29 is 14.6 Å². The van der Waals surface area contributed by atoms with Gasteiger partial charge in [0.25, 0.3) is 0 Å². The standard InChI is InChI=1S/C17H18N2O3/c1-10-11(2)19-16(12(3)18-10)15(17(21)22-4)9-13-6-5-7-14(20)8-13/h5-9,20H,1-4H3/b15-9+.